The van der Waals surface area contributed by atoms with Crippen molar-refractivity contribution in [3.8, 4) is 0 Å². The van der Waals surface area contributed by atoms with Crippen molar-refractivity contribution in [3.63, 3.8) is 0 Å². The molecule has 2 aliphatic rings. The van der Waals surface area contributed by atoms with Crippen LogP contribution in [0.1, 0.15) is 36.4 Å². The first-order valence-corrected chi connectivity index (χ1v) is 8.07. The highest BCUT2D eigenvalue weighted by molar-refractivity contribution is 5.94. The molecule has 1 N–H and O–H groups in total. The Bertz CT molecular complexity index is 905. The van der Waals surface area contributed by atoms with E-state index < -0.39 is 0 Å². The molecule has 4 heterocycles. The van der Waals surface area contributed by atoms with Gasteiger partial charge >= 0.3 is 0 Å². The van der Waals surface area contributed by atoms with Crippen molar-refractivity contribution in [3.05, 3.63) is 48.0 Å². The van der Waals surface area contributed by atoms with Gasteiger partial charge in [-0.3, -0.25) is 4.79 Å². The molecule has 3 aromatic rings. The maximum absolute atomic E-state index is 12.2. The lowest BCUT2D eigenvalue weighted by Crippen LogP contribution is -2.25. The van der Waals surface area contributed by atoms with Crippen molar-refractivity contribution in [2.45, 2.75) is 31.7 Å². The van der Waals surface area contributed by atoms with Crippen molar-refractivity contribution in [2.75, 3.05) is 5.32 Å². The molecule has 3 aromatic heterocycles. The number of anilines is 1. The molecule has 1 aliphatic heterocycles. The number of aromatic nitrogens is 4. The van der Waals surface area contributed by atoms with Gasteiger partial charge in [-0.15, -0.1) is 0 Å². The van der Waals surface area contributed by atoms with E-state index in [4.69, 9.17) is 0 Å². The molecule has 6 heteroatoms. The zero-order chi connectivity index (χ0) is 15.4. The highest BCUT2D eigenvalue weighted by Gasteiger charge is 2.33. The Hall–Kier alpha value is -2.63. The minimum Gasteiger partial charge on any atom is -0.311 e. The number of rotatable bonds is 3. The van der Waals surface area contributed by atoms with Gasteiger partial charge in [0.2, 0.25) is 5.91 Å². The SMILES string of the molecule is O=C1CC(c2cnc3ccccn23)c2cnn(CC3CC3)c2N1. The van der Waals surface area contributed by atoms with Crippen LogP contribution in [0.4, 0.5) is 5.82 Å². The second kappa shape index (κ2) is 4.68. The highest BCUT2D eigenvalue weighted by Crippen LogP contribution is 2.39. The predicted octanol–water partition coefficient (Wildman–Crippen LogP) is 2.41. The predicted molar refractivity (Wildman–Crippen MR) is 85.2 cm³/mol. The molecular weight excluding hydrogens is 290 g/mol. The van der Waals surface area contributed by atoms with Crippen LogP contribution < -0.4 is 5.32 Å². The maximum Gasteiger partial charge on any atom is 0.226 e. The molecule has 5 rings (SSSR count). The number of nitrogens with zero attached hydrogens (tertiary/aromatic N) is 4. The van der Waals surface area contributed by atoms with E-state index in [1.165, 1.54) is 12.8 Å². The number of carbonyl (C=O) groups is 1. The first kappa shape index (κ1) is 12.9. The molecule has 1 amide bonds. The Morgan fingerprint density at radius 2 is 2.17 bits per heavy atom. The van der Waals surface area contributed by atoms with Crippen LogP contribution in [0.25, 0.3) is 5.65 Å². The second-order valence-electron chi connectivity index (χ2n) is 6.49. The number of carbonyl (C=O) groups excluding carboxylic acids is 1. The van der Waals surface area contributed by atoms with E-state index in [2.05, 4.69) is 19.8 Å². The number of hydrogen-bond acceptors (Lipinski definition) is 3. The lowest BCUT2D eigenvalue weighted by Gasteiger charge is -2.23. The fourth-order valence-electron chi connectivity index (χ4n) is 3.43. The summed E-state index contributed by atoms with van der Waals surface area (Å²) in [6, 6.07) is 5.93. The van der Waals surface area contributed by atoms with Crippen LogP contribution in [0.2, 0.25) is 0 Å². The number of fused-ring (bicyclic) bond motifs is 2. The molecule has 23 heavy (non-hydrogen) atoms. The fraction of sp³-hybridized carbons (Fsp3) is 0.353. The molecule has 1 unspecified atom stereocenters. The Kier molecular flexibility index (Phi) is 2.62. The van der Waals surface area contributed by atoms with Gasteiger partial charge < -0.3 is 9.72 Å². The lowest BCUT2D eigenvalue weighted by atomic mass is 9.91. The van der Waals surface area contributed by atoms with Gasteiger partial charge in [-0.05, 0) is 30.9 Å². The second-order valence-corrected chi connectivity index (χ2v) is 6.49. The average Bonchev–Trinajstić information content (AvgIpc) is 3.13. The van der Waals surface area contributed by atoms with E-state index in [1.807, 2.05) is 41.5 Å². The third-order valence-corrected chi connectivity index (χ3v) is 4.82. The molecule has 0 spiro atoms. The molecule has 0 aromatic carbocycles. The van der Waals surface area contributed by atoms with Crippen molar-refractivity contribution in [1.82, 2.24) is 19.2 Å². The molecule has 0 bridgehead atoms. The van der Waals surface area contributed by atoms with Crippen LogP contribution in [-0.4, -0.2) is 25.1 Å². The van der Waals surface area contributed by atoms with E-state index in [-0.39, 0.29) is 11.8 Å². The maximum atomic E-state index is 12.2. The third-order valence-electron chi connectivity index (χ3n) is 4.82. The summed E-state index contributed by atoms with van der Waals surface area (Å²) in [5.41, 5.74) is 3.04. The Morgan fingerprint density at radius 1 is 1.26 bits per heavy atom. The van der Waals surface area contributed by atoms with Gasteiger partial charge in [0, 0.05) is 36.8 Å². The van der Waals surface area contributed by atoms with E-state index in [0.29, 0.717) is 12.3 Å². The van der Waals surface area contributed by atoms with Gasteiger partial charge in [0.1, 0.15) is 11.5 Å². The van der Waals surface area contributed by atoms with Gasteiger partial charge in [-0.2, -0.15) is 5.10 Å². The molecule has 0 saturated heterocycles. The van der Waals surface area contributed by atoms with Gasteiger partial charge in [-0.1, -0.05) is 6.07 Å². The average molecular weight is 307 g/mol. The summed E-state index contributed by atoms with van der Waals surface area (Å²) in [6.45, 7) is 0.898. The summed E-state index contributed by atoms with van der Waals surface area (Å²) in [5.74, 6) is 1.63. The summed E-state index contributed by atoms with van der Waals surface area (Å²) in [5, 5.41) is 7.54. The van der Waals surface area contributed by atoms with E-state index >= 15 is 0 Å². The highest BCUT2D eigenvalue weighted by atomic mass is 16.1. The van der Waals surface area contributed by atoms with Crippen molar-refractivity contribution < 1.29 is 4.79 Å². The van der Waals surface area contributed by atoms with Gasteiger partial charge in [0.25, 0.3) is 0 Å². The van der Waals surface area contributed by atoms with Crippen molar-refractivity contribution >= 4 is 17.4 Å². The molecule has 6 nitrogen and oxygen atoms in total. The van der Waals surface area contributed by atoms with Gasteiger partial charge in [0.15, 0.2) is 0 Å². The molecular formula is C17H17N5O. The zero-order valence-electron chi connectivity index (χ0n) is 12.6. The Balaban J connectivity index is 1.61. The standard InChI is InChI=1S/C17H17N5O/c23-16-7-12(14-9-18-15-3-1-2-6-21(14)15)13-8-19-22(17(13)20-16)10-11-4-5-11/h1-3,6,8-9,11-12H,4-5,7,10H2,(H,20,23). The van der Waals surface area contributed by atoms with Crippen LogP contribution in [0.15, 0.2) is 36.8 Å². The number of hydrogen-bond donors (Lipinski definition) is 1. The normalized spacial score (nSPS) is 20.5. The smallest absolute Gasteiger partial charge is 0.226 e. The molecule has 1 aliphatic carbocycles. The summed E-state index contributed by atoms with van der Waals surface area (Å²) in [7, 11) is 0. The fourth-order valence-corrected chi connectivity index (χ4v) is 3.43. The minimum absolute atomic E-state index is 0.00380. The lowest BCUT2D eigenvalue weighted by molar-refractivity contribution is -0.116. The number of pyridine rings is 1. The first-order chi connectivity index (χ1) is 11.3. The van der Waals surface area contributed by atoms with Crippen LogP contribution in [0.5, 0.6) is 0 Å². The molecule has 0 radical (unpaired) electrons. The third kappa shape index (κ3) is 2.05. The molecule has 116 valence electrons. The summed E-state index contributed by atoms with van der Waals surface area (Å²) < 4.78 is 4.02. The van der Waals surface area contributed by atoms with Crippen molar-refractivity contribution in [1.29, 1.82) is 0 Å². The Labute approximate surface area is 133 Å². The van der Waals surface area contributed by atoms with Crippen molar-refractivity contribution in [2.24, 2.45) is 5.92 Å². The minimum atomic E-state index is 0.00380. The summed E-state index contributed by atoms with van der Waals surface area (Å²) in [4.78, 5) is 16.7. The Morgan fingerprint density at radius 3 is 3.04 bits per heavy atom. The first-order valence-electron chi connectivity index (χ1n) is 8.07. The van der Waals surface area contributed by atoms with Crippen LogP contribution >= 0.6 is 0 Å². The van der Waals surface area contributed by atoms with E-state index in [0.717, 1.165) is 29.3 Å². The topological polar surface area (TPSA) is 64.2 Å². The molecule has 1 atom stereocenters. The quantitative estimate of drug-likeness (QED) is 0.808. The summed E-state index contributed by atoms with van der Waals surface area (Å²) >= 11 is 0. The summed E-state index contributed by atoms with van der Waals surface area (Å²) in [6.07, 6.45) is 8.74. The number of imidazole rings is 1. The largest absolute Gasteiger partial charge is 0.311 e. The van der Waals surface area contributed by atoms with Crippen LogP contribution in [-0.2, 0) is 11.3 Å². The van der Waals surface area contributed by atoms with E-state index in [9.17, 15) is 4.79 Å². The number of nitrogens with one attached hydrogen (secondary N) is 1. The number of amides is 1. The van der Waals surface area contributed by atoms with E-state index in [1.54, 1.807) is 0 Å². The monoisotopic (exact) mass is 307 g/mol. The molecule has 1 saturated carbocycles. The molecule has 1 fully saturated rings. The zero-order valence-corrected chi connectivity index (χ0v) is 12.6. The van der Waals surface area contributed by atoms with Gasteiger partial charge in [-0.25, -0.2) is 9.67 Å². The van der Waals surface area contributed by atoms with Gasteiger partial charge in [0.05, 0.1) is 11.9 Å². The van der Waals surface area contributed by atoms with Crippen LogP contribution in [0, 0.1) is 5.92 Å². The van der Waals surface area contributed by atoms with Crippen LogP contribution in [0.3, 0.4) is 0 Å².